The van der Waals surface area contributed by atoms with Crippen molar-refractivity contribution in [1.82, 2.24) is 9.97 Å². The summed E-state index contributed by atoms with van der Waals surface area (Å²) in [5, 5.41) is 0. The maximum atomic E-state index is 5.74. The molecule has 3 N–H and O–H groups in total. The molecule has 1 unspecified atom stereocenters. The van der Waals surface area contributed by atoms with E-state index in [1.807, 2.05) is 20.8 Å². The minimum absolute atomic E-state index is 0.294. The van der Waals surface area contributed by atoms with Crippen LogP contribution in [0.25, 0.3) is 0 Å². The number of hydrazine groups is 1. The molecule has 0 bridgehead atoms. The van der Waals surface area contributed by atoms with Gasteiger partial charge in [0.05, 0.1) is 6.10 Å². The first-order valence-electron chi connectivity index (χ1n) is 6.84. The molecule has 0 amide bonds. The minimum Gasteiger partial charge on any atom is -0.377 e. The third-order valence-electron chi connectivity index (χ3n) is 3.45. The Morgan fingerprint density at radius 1 is 1.42 bits per heavy atom. The van der Waals surface area contributed by atoms with Gasteiger partial charge in [-0.05, 0) is 33.6 Å². The van der Waals surface area contributed by atoms with Gasteiger partial charge < -0.3 is 15.1 Å². The van der Waals surface area contributed by atoms with Crippen molar-refractivity contribution in [2.45, 2.75) is 39.7 Å². The van der Waals surface area contributed by atoms with E-state index in [0.29, 0.717) is 11.9 Å². The minimum atomic E-state index is 0.294. The number of aromatic nitrogens is 2. The first kappa shape index (κ1) is 14.0. The molecule has 1 saturated heterocycles. The molecule has 106 valence electrons. The molecule has 0 saturated carbocycles. The lowest BCUT2D eigenvalue weighted by Crippen LogP contribution is -2.40. The maximum absolute atomic E-state index is 5.74. The number of ether oxygens (including phenoxy) is 1. The molecule has 1 aliphatic rings. The van der Waals surface area contributed by atoms with E-state index in [-0.39, 0.29) is 0 Å². The van der Waals surface area contributed by atoms with Gasteiger partial charge in [0.1, 0.15) is 17.5 Å². The molecule has 6 heteroatoms. The number of nitrogens with two attached hydrogens (primary N) is 1. The van der Waals surface area contributed by atoms with Gasteiger partial charge in [-0.3, -0.25) is 0 Å². The van der Waals surface area contributed by atoms with Crippen LogP contribution in [-0.4, -0.2) is 35.8 Å². The fourth-order valence-electron chi connectivity index (χ4n) is 2.56. The summed E-state index contributed by atoms with van der Waals surface area (Å²) in [5.74, 6) is 7.90. The van der Waals surface area contributed by atoms with Crippen LogP contribution in [0.3, 0.4) is 0 Å². The Morgan fingerprint density at radius 3 is 2.89 bits per heavy atom. The predicted octanol–water partition coefficient (Wildman–Crippen LogP) is 1.38. The van der Waals surface area contributed by atoms with Crippen LogP contribution in [0.4, 0.5) is 11.6 Å². The quantitative estimate of drug-likeness (QED) is 0.633. The Morgan fingerprint density at radius 2 is 2.21 bits per heavy atom. The van der Waals surface area contributed by atoms with E-state index < -0.39 is 0 Å². The van der Waals surface area contributed by atoms with E-state index in [2.05, 4.69) is 20.3 Å². The molecule has 0 radical (unpaired) electrons. The van der Waals surface area contributed by atoms with Crippen molar-refractivity contribution >= 4 is 11.6 Å². The standard InChI is InChI=1S/C13H23N5O/c1-4-19-11-6-5-7-18(8-11)13-9(2)12(17-14)15-10(3)16-13/h11H,4-8,14H2,1-3H3,(H,15,16,17). The molecular weight excluding hydrogens is 242 g/mol. The zero-order chi connectivity index (χ0) is 13.8. The van der Waals surface area contributed by atoms with Crippen LogP contribution in [-0.2, 0) is 4.74 Å². The van der Waals surface area contributed by atoms with E-state index in [4.69, 9.17) is 10.6 Å². The maximum Gasteiger partial charge on any atom is 0.148 e. The molecule has 0 aliphatic carbocycles. The molecule has 2 rings (SSSR count). The van der Waals surface area contributed by atoms with E-state index in [9.17, 15) is 0 Å². The number of nitrogens with one attached hydrogen (secondary N) is 1. The van der Waals surface area contributed by atoms with Crippen LogP contribution in [0.5, 0.6) is 0 Å². The first-order valence-corrected chi connectivity index (χ1v) is 6.84. The number of nitrogen functional groups attached to an aromatic ring is 1. The molecule has 1 aromatic rings. The van der Waals surface area contributed by atoms with Crippen LogP contribution in [0.15, 0.2) is 0 Å². The van der Waals surface area contributed by atoms with Crippen molar-refractivity contribution in [2.75, 3.05) is 30.0 Å². The highest BCUT2D eigenvalue weighted by Gasteiger charge is 2.23. The van der Waals surface area contributed by atoms with Crippen molar-refractivity contribution in [3.05, 3.63) is 11.4 Å². The van der Waals surface area contributed by atoms with Crippen LogP contribution in [0.2, 0.25) is 0 Å². The van der Waals surface area contributed by atoms with E-state index in [0.717, 1.165) is 49.7 Å². The Labute approximate surface area is 114 Å². The molecule has 19 heavy (non-hydrogen) atoms. The van der Waals surface area contributed by atoms with E-state index >= 15 is 0 Å². The van der Waals surface area contributed by atoms with E-state index in [1.54, 1.807) is 0 Å². The third kappa shape index (κ3) is 3.13. The lowest BCUT2D eigenvalue weighted by molar-refractivity contribution is 0.0525. The normalized spacial score (nSPS) is 19.6. The van der Waals surface area contributed by atoms with E-state index in [1.165, 1.54) is 0 Å². The molecule has 2 heterocycles. The van der Waals surface area contributed by atoms with Crippen molar-refractivity contribution < 1.29 is 4.74 Å². The molecule has 1 atom stereocenters. The molecule has 1 fully saturated rings. The van der Waals surface area contributed by atoms with Gasteiger partial charge >= 0.3 is 0 Å². The number of hydrogen-bond acceptors (Lipinski definition) is 6. The Bertz CT molecular complexity index is 435. The molecule has 1 aromatic heterocycles. The van der Waals surface area contributed by atoms with Gasteiger partial charge in [-0.2, -0.15) is 0 Å². The van der Waals surface area contributed by atoms with Gasteiger partial charge in [0.15, 0.2) is 0 Å². The van der Waals surface area contributed by atoms with Gasteiger partial charge in [-0.1, -0.05) is 0 Å². The average molecular weight is 265 g/mol. The highest BCUT2D eigenvalue weighted by Crippen LogP contribution is 2.26. The van der Waals surface area contributed by atoms with Gasteiger partial charge in [0.25, 0.3) is 0 Å². The van der Waals surface area contributed by atoms with Gasteiger partial charge in [0.2, 0.25) is 0 Å². The average Bonchev–Trinajstić information content (AvgIpc) is 2.41. The largest absolute Gasteiger partial charge is 0.377 e. The monoisotopic (exact) mass is 265 g/mol. The van der Waals surface area contributed by atoms with Crippen LogP contribution in [0.1, 0.15) is 31.2 Å². The van der Waals surface area contributed by atoms with Crippen LogP contribution >= 0.6 is 0 Å². The number of hydrogen-bond donors (Lipinski definition) is 2. The lowest BCUT2D eigenvalue weighted by atomic mass is 10.1. The third-order valence-corrected chi connectivity index (χ3v) is 3.45. The zero-order valence-corrected chi connectivity index (χ0v) is 11.9. The molecule has 1 aliphatic heterocycles. The Kier molecular flexibility index (Phi) is 4.55. The lowest BCUT2D eigenvalue weighted by Gasteiger charge is -2.34. The van der Waals surface area contributed by atoms with Crippen molar-refractivity contribution in [2.24, 2.45) is 5.84 Å². The molecule has 0 aromatic carbocycles. The SMILES string of the molecule is CCOC1CCCN(c2nc(C)nc(NN)c2C)C1. The topological polar surface area (TPSA) is 76.3 Å². The number of aryl methyl sites for hydroxylation is 1. The highest BCUT2D eigenvalue weighted by molar-refractivity contribution is 5.58. The fourth-order valence-corrected chi connectivity index (χ4v) is 2.56. The number of anilines is 2. The number of nitrogens with zero attached hydrogens (tertiary/aromatic N) is 3. The second-order valence-electron chi connectivity index (χ2n) is 4.88. The highest BCUT2D eigenvalue weighted by atomic mass is 16.5. The van der Waals surface area contributed by atoms with Crippen LogP contribution in [0, 0.1) is 13.8 Å². The summed E-state index contributed by atoms with van der Waals surface area (Å²) < 4.78 is 5.74. The summed E-state index contributed by atoms with van der Waals surface area (Å²) >= 11 is 0. The smallest absolute Gasteiger partial charge is 0.148 e. The second-order valence-corrected chi connectivity index (χ2v) is 4.88. The molecule has 0 spiro atoms. The van der Waals surface area contributed by atoms with Crippen molar-refractivity contribution in [3.8, 4) is 0 Å². The summed E-state index contributed by atoms with van der Waals surface area (Å²) in [4.78, 5) is 11.1. The second kappa shape index (κ2) is 6.16. The molecular formula is C13H23N5O. The summed E-state index contributed by atoms with van der Waals surface area (Å²) in [7, 11) is 0. The van der Waals surface area contributed by atoms with Crippen molar-refractivity contribution in [3.63, 3.8) is 0 Å². The van der Waals surface area contributed by atoms with Crippen LogP contribution < -0.4 is 16.2 Å². The van der Waals surface area contributed by atoms with Gasteiger partial charge in [-0.15, -0.1) is 0 Å². The number of piperidine rings is 1. The first-order chi connectivity index (χ1) is 9.15. The Balaban J connectivity index is 2.23. The fraction of sp³-hybridized carbons (Fsp3) is 0.692. The molecule has 6 nitrogen and oxygen atoms in total. The summed E-state index contributed by atoms with van der Waals surface area (Å²) in [5.41, 5.74) is 3.63. The Hall–Kier alpha value is -1.40. The van der Waals surface area contributed by atoms with Gasteiger partial charge in [-0.25, -0.2) is 15.8 Å². The van der Waals surface area contributed by atoms with Gasteiger partial charge in [0, 0.05) is 25.3 Å². The summed E-state index contributed by atoms with van der Waals surface area (Å²) in [6.07, 6.45) is 2.54. The zero-order valence-electron chi connectivity index (χ0n) is 11.9. The summed E-state index contributed by atoms with van der Waals surface area (Å²) in [6.45, 7) is 8.56. The summed E-state index contributed by atoms with van der Waals surface area (Å²) in [6, 6.07) is 0. The predicted molar refractivity (Wildman–Crippen MR) is 76.2 cm³/mol. The van der Waals surface area contributed by atoms with Crippen molar-refractivity contribution in [1.29, 1.82) is 0 Å². The number of rotatable bonds is 4.